The second-order valence-electron chi connectivity index (χ2n) is 5.47. The Labute approximate surface area is 130 Å². The van der Waals surface area contributed by atoms with Crippen molar-refractivity contribution in [3.8, 4) is 5.75 Å². The minimum absolute atomic E-state index is 0.371. The summed E-state index contributed by atoms with van der Waals surface area (Å²) in [5.41, 5.74) is 1.29. The molecule has 0 spiro atoms. The van der Waals surface area contributed by atoms with Gasteiger partial charge >= 0.3 is 0 Å². The van der Waals surface area contributed by atoms with Gasteiger partial charge < -0.3 is 15.0 Å². The number of likely N-dealkylation sites (tertiary alicyclic amines) is 1. The van der Waals surface area contributed by atoms with Crippen molar-refractivity contribution < 1.29 is 4.74 Å². The molecule has 4 heteroatoms. The molecule has 1 aromatic carbocycles. The summed E-state index contributed by atoms with van der Waals surface area (Å²) in [6.07, 6.45) is 3.98. The molecule has 1 atom stereocenters. The van der Waals surface area contributed by atoms with Gasteiger partial charge in [0.25, 0.3) is 0 Å². The Hall–Kier alpha value is -0.580. The first-order chi connectivity index (χ1) is 9.70. The first kappa shape index (κ1) is 15.8. The Morgan fingerprint density at radius 1 is 1.35 bits per heavy atom. The minimum atomic E-state index is 0.371. The molecule has 1 unspecified atom stereocenters. The molecule has 0 saturated carbocycles. The molecule has 20 heavy (non-hydrogen) atoms. The van der Waals surface area contributed by atoms with Gasteiger partial charge in [-0.05, 0) is 86.0 Å². The second kappa shape index (κ2) is 8.01. The molecule has 1 aromatic rings. The van der Waals surface area contributed by atoms with Crippen LogP contribution in [0.3, 0.4) is 0 Å². The third-order valence-electron chi connectivity index (χ3n) is 3.98. The van der Waals surface area contributed by atoms with Crippen LogP contribution >= 0.6 is 15.9 Å². The van der Waals surface area contributed by atoms with Gasteiger partial charge in [0.15, 0.2) is 0 Å². The van der Waals surface area contributed by atoms with E-state index in [1.165, 1.54) is 44.5 Å². The van der Waals surface area contributed by atoms with Crippen molar-refractivity contribution >= 4 is 15.9 Å². The molecule has 3 nitrogen and oxygen atoms in total. The largest absolute Gasteiger partial charge is 0.496 e. The standard InChI is InChI=1S/C16H25BrN2O/c1-13(14-6-7-16(20-2)15(17)12-14)18-8-5-11-19-9-3-4-10-19/h6-7,12-13,18H,3-5,8-11H2,1-2H3. The summed E-state index contributed by atoms with van der Waals surface area (Å²) in [5.74, 6) is 0.884. The van der Waals surface area contributed by atoms with Crippen LogP contribution < -0.4 is 10.1 Å². The van der Waals surface area contributed by atoms with Crippen LogP contribution in [0, 0.1) is 0 Å². The van der Waals surface area contributed by atoms with E-state index < -0.39 is 0 Å². The number of nitrogens with zero attached hydrogens (tertiary/aromatic N) is 1. The average molecular weight is 341 g/mol. The van der Waals surface area contributed by atoms with Gasteiger partial charge in [-0.1, -0.05) is 6.07 Å². The van der Waals surface area contributed by atoms with Crippen LogP contribution in [0.5, 0.6) is 5.75 Å². The Bertz CT molecular complexity index is 419. The summed E-state index contributed by atoms with van der Waals surface area (Å²) in [7, 11) is 1.69. The van der Waals surface area contributed by atoms with E-state index in [0.29, 0.717) is 6.04 Å². The van der Waals surface area contributed by atoms with Crippen LogP contribution in [-0.4, -0.2) is 38.2 Å². The zero-order chi connectivity index (χ0) is 14.4. The van der Waals surface area contributed by atoms with Crippen molar-refractivity contribution in [3.63, 3.8) is 0 Å². The number of hydrogen-bond acceptors (Lipinski definition) is 3. The van der Waals surface area contributed by atoms with Crippen LogP contribution in [0.4, 0.5) is 0 Å². The summed E-state index contributed by atoms with van der Waals surface area (Å²) >= 11 is 3.54. The number of hydrogen-bond donors (Lipinski definition) is 1. The molecule has 0 aromatic heterocycles. The Morgan fingerprint density at radius 3 is 2.75 bits per heavy atom. The highest BCUT2D eigenvalue weighted by atomic mass is 79.9. The molecule has 2 rings (SSSR count). The van der Waals surface area contributed by atoms with Gasteiger partial charge in [-0.2, -0.15) is 0 Å². The van der Waals surface area contributed by atoms with Crippen molar-refractivity contribution in [2.24, 2.45) is 0 Å². The van der Waals surface area contributed by atoms with Crippen LogP contribution in [0.1, 0.15) is 37.8 Å². The van der Waals surface area contributed by atoms with E-state index in [-0.39, 0.29) is 0 Å². The first-order valence-electron chi connectivity index (χ1n) is 7.50. The quantitative estimate of drug-likeness (QED) is 0.767. The van der Waals surface area contributed by atoms with Gasteiger partial charge in [0, 0.05) is 6.04 Å². The van der Waals surface area contributed by atoms with Crippen molar-refractivity contribution in [1.29, 1.82) is 0 Å². The first-order valence-corrected chi connectivity index (χ1v) is 8.29. The molecule has 1 N–H and O–H groups in total. The summed E-state index contributed by atoms with van der Waals surface area (Å²) in [6, 6.07) is 6.65. The molecular formula is C16H25BrN2O. The molecule has 112 valence electrons. The van der Waals surface area contributed by atoms with Gasteiger partial charge in [0.2, 0.25) is 0 Å². The monoisotopic (exact) mass is 340 g/mol. The molecular weight excluding hydrogens is 316 g/mol. The van der Waals surface area contributed by atoms with Gasteiger partial charge in [0.05, 0.1) is 11.6 Å². The molecule has 0 aliphatic carbocycles. The smallest absolute Gasteiger partial charge is 0.133 e. The third kappa shape index (κ3) is 4.47. The molecule has 1 saturated heterocycles. The van der Waals surface area contributed by atoms with E-state index in [4.69, 9.17) is 4.74 Å². The lowest BCUT2D eigenvalue weighted by Crippen LogP contribution is -2.26. The fourth-order valence-electron chi connectivity index (χ4n) is 2.70. The topological polar surface area (TPSA) is 24.5 Å². The summed E-state index contributed by atoms with van der Waals surface area (Å²) in [6.45, 7) is 7.10. The number of methoxy groups -OCH3 is 1. The van der Waals surface area contributed by atoms with Gasteiger partial charge in [0.1, 0.15) is 5.75 Å². The van der Waals surface area contributed by atoms with Crippen molar-refractivity contribution in [3.05, 3.63) is 28.2 Å². The van der Waals surface area contributed by atoms with Gasteiger partial charge in [-0.25, -0.2) is 0 Å². The van der Waals surface area contributed by atoms with Crippen LogP contribution in [0.25, 0.3) is 0 Å². The van der Waals surface area contributed by atoms with Crippen LogP contribution in [-0.2, 0) is 0 Å². The fraction of sp³-hybridized carbons (Fsp3) is 0.625. The SMILES string of the molecule is COc1ccc(C(C)NCCCN2CCCC2)cc1Br. The van der Waals surface area contributed by atoms with Crippen molar-refractivity contribution in [2.45, 2.75) is 32.2 Å². The van der Waals surface area contributed by atoms with E-state index >= 15 is 0 Å². The van der Waals surface area contributed by atoms with E-state index in [1.807, 2.05) is 6.07 Å². The molecule has 1 heterocycles. The van der Waals surface area contributed by atoms with Gasteiger partial charge in [-0.15, -0.1) is 0 Å². The number of benzene rings is 1. The second-order valence-corrected chi connectivity index (χ2v) is 6.33. The molecule has 1 fully saturated rings. The summed E-state index contributed by atoms with van der Waals surface area (Å²) in [4.78, 5) is 2.57. The average Bonchev–Trinajstić information content (AvgIpc) is 2.96. The maximum atomic E-state index is 5.26. The lowest BCUT2D eigenvalue weighted by Gasteiger charge is -2.18. The lowest BCUT2D eigenvalue weighted by atomic mass is 10.1. The summed E-state index contributed by atoms with van der Waals surface area (Å²) < 4.78 is 6.28. The zero-order valence-corrected chi connectivity index (χ0v) is 14.1. The van der Waals surface area contributed by atoms with Crippen LogP contribution in [0.2, 0.25) is 0 Å². The third-order valence-corrected chi connectivity index (χ3v) is 4.60. The number of halogens is 1. The van der Waals surface area contributed by atoms with Crippen LogP contribution in [0.15, 0.2) is 22.7 Å². The lowest BCUT2D eigenvalue weighted by molar-refractivity contribution is 0.328. The highest BCUT2D eigenvalue weighted by molar-refractivity contribution is 9.10. The maximum Gasteiger partial charge on any atom is 0.133 e. The summed E-state index contributed by atoms with van der Waals surface area (Å²) in [5, 5.41) is 3.60. The highest BCUT2D eigenvalue weighted by Gasteiger charge is 2.11. The molecule has 1 aliphatic rings. The van der Waals surface area contributed by atoms with E-state index in [9.17, 15) is 0 Å². The van der Waals surface area contributed by atoms with Crippen molar-refractivity contribution in [2.75, 3.05) is 33.3 Å². The minimum Gasteiger partial charge on any atom is -0.496 e. The maximum absolute atomic E-state index is 5.26. The zero-order valence-electron chi connectivity index (χ0n) is 12.5. The van der Waals surface area contributed by atoms with E-state index in [2.05, 4.69) is 45.2 Å². The van der Waals surface area contributed by atoms with E-state index in [0.717, 1.165) is 16.8 Å². The number of rotatable bonds is 7. The Balaban J connectivity index is 1.73. The Kier molecular flexibility index (Phi) is 6.33. The molecule has 0 bridgehead atoms. The number of nitrogens with one attached hydrogen (secondary N) is 1. The predicted molar refractivity (Wildman–Crippen MR) is 87.4 cm³/mol. The highest BCUT2D eigenvalue weighted by Crippen LogP contribution is 2.27. The molecule has 0 radical (unpaired) electrons. The normalized spacial score (nSPS) is 17.4. The molecule has 0 amide bonds. The number of ether oxygens (including phenoxy) is 1. The van der Waals surface area contributed by atoms with Gasteiger partial charge in [-0.3, -0.25) is 0 Å². The van der Waals surface area contributed by atoms with E-state index in [1.54, 1.807) is 7.11 Å². The molecule has 1 aliphatic heterocycles. The predicted octanol–water partition coefficient (Wildman–Crippen LogP) is 3.59. The Morgan fingerprint density at radius 2 is 2.10 bits per heavy atom. The fourth-order valence-corrected chi connectivity index (χ4v) is 3.26. The van der Waals surface area contributed by atoms with Crippen molar-refractivity contribution in [1.82, 2.24) is 10.2 Å².